The number of likely N-dealkylation sites (tertiary alicyclic amines) is 1. The van der Waals surface area contributed by atoms with E-state index in [-0.39, 0.29) is 17.4 Å². The zero-order chi connectivity index (χ0) is 16.6. The van der Waals surface area contributed by atoms with Crippen LogP contribution in [0.25, 0.3) is 0 Å². The number of piperidine rings is 1. The third kappa shape index (κ3) is 3.05. The van der Waals surface area contributed by atoms with Gasteiger partial charge in [-0.1, -0.05) is 36.7 Å². The van der Waals surface area contributed by atoms with Gasteiger partial charge in [-0.3, -0.25) is 4.79 Å². The van der Waals surface area contributed by atoms with Gasteiger partial charge < -0.3 is 4.90 Å². The van der Waals surface area contributed by atoms with Crippen LogP contribution in [0.5, 0.6) is 0 Å². The van der Waals surface area contributed by atoms with E-state index in [4.69, 9.17) is 11.6 Å². The van der Waals surface area contributed by atoms with Crippen LogP contribution in [0.15, 0.2) is 41.8 Å². The molecule has 1 aliphatic rings. The zero-order valence-corrected chi connectivity index (χ0v) is 15.3. The molecular formula is C19H22ClNOS. The van der Waals surface area contributed by atoms with Crippen LogP contribution in [0.2, 0.25) is 5.02 Å². The first-order chi connectivity index (χ1) is 10.9. The molecule has 2 heterocycles. The summed E-state index contributed by atoms with van der Waals surface area (Å²) in [6.07, 6.45) is 1.03. The zero-order valence-electron chi connectivity index (χ0n) is 13.8. The smallest absolute Gasteiger partial charge is 0.231 e. The molecule has 1 aliphatic heterocycles. The first-order valence-corrected chi connectivity index (χ1v) is 9.28. The molecule has 0 saturated carbocycles. The maximum atomic E-state index is 13.2. The summed E-state index contributed by atoms with van der Waals surface area (Å²) in [7, 11) is 0. The van der Waals surface area contributed by atoms with Gasteiger partial charge in [-0.15, -0.1) is 11.3 Å². The monoisotopic (exact) mass is 347 g/mol. The molecule has 2 aromatic rings. The van der Waals surface area contributed by atoms with Crippen LogP contribution in [-0.2, 0) is 10.3 Å². The molecule has 0 N–H and O–H groups in total. The van der Waals surface area contributed by atoms with Crippen molar-refractivity contribution in [3.63, 3.8) is 0 Å². The number of rotatable bonds is 3. The molecule has 23 heavy (non-hydrogen) atoms. The molecule has 4 heteroatoms. The Hall–Kier alpha value is -1.32. The molecule has 3 rings (SSSR count). The van der Waals surface area contributed by atoms with Gasteiger partial charge in [0.25, 0.3) is 0 Å². The summed E-state index contributed by atoms with van der Waals surface area (Å²) in [6.45, 7) is 7.20. The molecule has 2 unspecified atom stereocenters. The topological polar surface area (TPSA) is 20.3 Å². The highest BCUT2D eigenvalue weighted by Gasteiger charge is 2.42. The lowest BCUT2D eigenvalue weighted by Gasteiger charge is -2.45. The molecule has 0 radical (unpaired) electrons. The van der Waals surface area contributed by atoms with Crippen molar-refractivity contribution < 1.29 is 4.79 Å². The maximum absolute atomic E-state index is 13.2. The van der Waals surface area contributed by atoms with Gasteiger partial charge in [-0.25, -0.2) is 0 Å². The van der Waals surface area contributed by atoms with Crippen LogP contribution in [0.3, 0.4) is 0 Å². The van der Waals surface area contributed by atoms with Gasteiger partial charge in [0.05, 0.1) is 11.5 Å². The molecule has 1 aromatic heterocycles. The molecule has 2 atom stereocenters. The van der Waals surface area contributed by atoms with E-state index in [0.29, 0.717) is 10.9 Å². The summed E-state index contributed by atoms with van der Waals surface area (Å²) in [4.78, 5) is 16.4. The number of nitrogens with zero attached hydrogens (tertiary/aromatic N) is 1. The minimum Gasteiger partial charge on any atom is -0.333 e. The fourth-order valence-electron chi connectivity index (χ4n) is 3.47. The van der Waals surface area contributed by atoms with E-state index in [9.17, 15) is 4.79 Å². The summed E-state index contributed by atoms with van der Waals surface area (Å²) in [5.74, 6) is 0.589. The lowest BCUT2D eigenvalue weighted by atomic mass is 9.81. The minimum absolute atomic E-state index is 0.0257. The molecule has 2 nitrogen and oxygen atoms in total. The second-order valence-electron chi connectivity index (χ2n) is 6.82. The van der Waals surface area contributed by atoms with Crippen LogP contribution in [0, 0.1) is 5.92 Å². The van der Waals surface area contributed by atoms with Gasteiger partial charge in [0.15, 0.2) is 0 Å². The van der Waals surface area contributed by atoms with Gasteiger partial charge in [-0.05, 0) is 55.3 Å². The molecule has 122 valence electrons. The molecule has 1 aromatic carbocycles. The van der Waals surface area contributed by atoms with Crippen molar-refractivity contribution in [2.24, 2.45) is 5.92 Å². The second-order valence-corrected chi connectivity index (χ2v) is 8.23. The largest absolute Gasteiger partial charge is 0.333 e. The Morgan fingerprint density at radius 1 is 1.26 bits per heavy atom. The van der Waals surface area contributed by atoms with Crippen LogP contribution >= 0.6 is 22.9 Å². The average molecular weight is 348 g/mol. The Morgan fingerprint density at radius 2 is 2.04 bits per heavy atom. The van der Waals surface area contributed by atoms with Crippen molar-refractivity contribution >= 4 is 28.8 Å². The number of hydrogen-bond donors (Lipinski definition) is 0. The van der Waals surface area contributed by atoms with Crippen molar-refractivity contribution in [2.75, 3.05) is 6.54 Å². The summed E-state index contributed by atoms with van der Waals surface area (Å²) in [5, 5.41) is 2.76. The van der Waals surface area contributed by atoms with Crippen molar-refractivity contribution in [2.45, 2.75) is 38.6 Å². The third-order valence-corrected chi connectivity index (χ3v) is 6.16. The van der Waals surface area contributed by atoms with Gasteiger partial charge >= 0.3 is 0 Å². The number of thiophene rings is 1. The summed E-state index contributed by atoms with van der Waals surface area (Å²) in [5.41, 5.74) is 0.718. The first kappa shape index (κ1) is 16.5. The molecule has 1 fully saturated rings. The Kier molecular flexibility index (Phi) is 4.52. The van der Waals surface area contributed by atoms with Gasteiger partial charge in [-0.2, -0.15) is 0 Å². The van der Waals surface area contributed by atoms with Crippen molar-refractivity contribution in [3.8, 4) is 0 Å². The van der Waals surface area contributed by atoms with E-state index < -0.39 is 0 Å². The number of carbonyl (C=O) groups is 1. The highest BCUT2D eigenvalue weighted by molar-refractivity contribution is 7.10. The van der Waals surface area contributed by atoms with Crippen LogP contribution in [-0.4, -0.2) is 17.4 Å². The van der Waals surface area contributed by atoms with E-state index in [0.717, 1.165) is 18.5 Å². The molecule has 1 saturated heterocycles. The number of hydrogen-bond acceptors (Lipinski definition) is 2. The van der Waals surface area contributed by atoms with Crippen LogP contribution < -0.4 is 0 Å². The Labute approximate surface area is 147 Å². The van der Waals surface area contributed by atoms with Crippen LogP contribution in [0.1, 0.15) is 43.6 Å². The lowest BCUT2D eigenvalue weighted by molar-refractivity contribution is -0.143. The third-order valence-electron chi connectivity index (χ3n) is 4.96. The number of benzene rings is 1. The molecule has 0 aliphatic carbocycles. The fraction of sp³-hybridized carbons (Fsp3) is 0.421. The second kappa shape index (κ2) is 6.29. The Morgan fingerprint density at radius 3 is 2.70 bits per heavy atom. The highest BCUT2D eigenvalue weighted by atomic mass is 35.5. The fourth-order valence-corrected chi connectivity index (χ4v) is 4.61. The molecular weight excluding hydrogens is 326 g/mol. The van der Waals surface area contributed by atoms with E-state index >= 15 is 0 Å². The SMILES string of the molecule is CC1CCN(C(C)(C)c2cccc(Cl)c2)C(=O)C1c1cccs1. The number of amides is 1. The highest BCUT2D eigenvalue weighted by Crippen LogP contribution is 2.40. The predicted octanol–water partition coefficient (Wildman–Crippen LogP) is 5.29. The normalized spacial score (nSPS) is 22.4. The lowest BCUT2D eigenvalue weighted by Crippen LogP contribution is -2.52. The molecule has 0 spiro atoms. The quantitative estimate of drug-likeness (QED) is 0.738. The Balaban J connectivity index is 1.94. The van der Waals surface area contributed by atoms with E-state index in [1.165, 1.54) is 4.88 Å². The minimum atomic E-state index is -0.363. The van der Waals surface area contributed by atoms with Crippen molar-refractivity contribution in [3.05, 3.63) is 57.2 Å². The summed E-state index contributed by atoms with van der Waals surface area (Å²) < 4.78 is 0. The first-order valence-electron chi connectivity index (χ1n) is 8.02. The average Bonchev–Trinajstić information content (AvgIpc) is 3.01. The summed E-state index contributed by atoms with van der Waals surface area (Å²) in [6, 6.07) is 12.0. The molecule has 1 amide bonds. The number of halogens is 1. The van der Waals surface area contributed by atoms with Crippen LogP contribution in [0.4, 0.5) is 0 Å². The van der Waals surface area contributed by atoms with E-state index in [1.54, 1.807) is 11.3 Å². The van der Waals surface area contributed by atoms with E-state index in [1.807, 2.05) is 29.2 Å². The van der Waals surface area contributed by atoms with Crippen molar-refractivity contribution in [1.82, 2.24) is 4.90 Å². The van der Waals surface area contributed by atoms with E-state index in [2.05, 4.69) is 38.3 Å². The van der Waals surface area contributed by atoms with Gasteiger partial charge in [0, 0.05) is 16.4 Å². The standard InChI is InChI=1S/C19H22ClNOS/c1-13-9-10-21(18(22)17(13)16-8-5-11-23-16)19(2,3)14-6-4-7-15(20)12-14/h4-8,11-13,17H,9-10H2,1-3H3. The number of carbonyl (C=O) groups excluding carboxylic acids is 1. The van der Waals surface area contributed by atoms with Gasteiger partial charge in [0.2, 0.25) is 5.91 Å². The predicted molar refractivity (Wildman–Crippen MR) is 97.0 cm³/mol. The summed E-state index contributed by atoms with van der Waals surface area (Å²) >= 11 is 7.84. The Bertz CT molecular complexity index is 695. The van der Waals surface area contributed by atoms with Crippen molar-refractivity contribution in [1.29, 1.82) is 0 Å². The maximum Gasteiger partial charge on any atom is 0.231 e. The van der Waals surface area contributed by atoms with Gasteiger partial charge in [0.1, 0.15) is 0 Å². The molecule has 0 bridgehead atoms.